The number of phenols is 15. The van der Waals surface area contributed by atoms with Crippen LogP contribution in [0.4, 0.5) is 0 Å². The summed E-state index contributed by atoms with van der Waals surface area (Å²) in [6.07, 6.45) is -12.8. The van der Waals surface area contributed by atoms with Gasteiger partial charge in [0.15, 0.2) is 58.2 Å². The molecule has 11 atom stereocenters. The van der Waals surface area contributed by atoms with E-state index in [0.29, 0.717) is 0 Å². The molecule has 0 saturated carbocycles. The molecule has 13 rings (SSSR count). The van der Waals surface area contributed by atoms with Crippen LogP contribution in [0.2, 0.25) is 0 Å². The predicted octanol–water partition coefficient (Wildman–Crippen LogP) is 5.69. The number of hydrogen-bond acceptors (Lipinski definition) is 24. The molecule has 24 heteroatoms. The third kappa shape index (κ3) is 7.68. The number of phenolic OH excluding ortho intramolecular Hbond substituents is 15. The van der Waals surface area contributed by atoms with Crippen LogP contribution in [0.25, 0.3) is 0 Å². The molecule has 19 N–H and O–H groups in total. The highest BCUT2D eigenvalue weighted by Crippen LogP contribution is 2.67. The molecule has 0 radical (unpaired) electrons. The summed E-state index contributed by atoms with van der Waals surface area (Å²) in [7, 11) is 0. The van der Waals surface area contributed by atoms with Crippen molar-refractivity contribution in [2.75, 3.05) is 0 Å². The first-order valence-corrected chi connectivity index (χ1v) is 25.8. The summed E-state index contributed by atoms with van der Waals surface area (Å²) >= 11 is 0. The fraction of sp³-hybridized carbons (Fsp3) is 0.200. The summed E-state index contributed by atoms with van der Waals surface area (Å²) in [5.74, 6) is -20.5. The van der Waals surface area contributed by atoms with Gasteiger partial charge in [0.1, 0.15) is 93.4 Å². The lowest BCUT2D eigenvalue weighted by atomic mass is 9.70. The van der Waals surface area contributed by atoms with Crippen molar-refractivity contribution in [1.29, 1.82) is 0 Å². The zero-order chi connectivity index (χ0) is 59.4. The van der Waals surface area contributed by atoms with Gasteiger partial charge in [-0.05, 0) is 71.3 Å². The average Bonchev–Trinajstić information content (AvgIpc) is 0.716. The van der Waals surface area contributed by atoms with E-state index in [1.165, 1.54) is 24.3 Å². The van der Waals surface area contributed by atoms with E-state index in [-0.39, 0.29) is 62.6 Å². The van der Waals surface area contributed by atoms with E-state index in [4.69, 9.17) is 23.7 Å². The molecule has 11 unspecified atom stereocenters. The van der Waals surface area contributed by atoms with E-state index < -0.39 is 186 Å². The van der Waals surface area contributed by atoms with E-state index >= 15 is 0 Å². The van der Waals surface area contributed by atoms with E-state index in [9.17, 15) is 97.0 Å². The van der Waals surface area contributed by atoms with Crippen LogP contribution in [0, 0.1) is 0 Å². The maximum atomic E-state index is 13.1. The maximum absolute atomic E-state index is 13.1. The molecule has 5 aliphatic heterocycles. The molecule has 0 saturated heterocycles. The Morgan fingerprint density at radius 3 is 1.32 bits per heavy atom. The molecule has 432 valence electrons. The standard InChI is InChI=1S/C60H48O24/c61-23-13-34(71)42-40(14-23)80-54(20-2-6-26(63)31(68)10-20)51(77)48(42)43-35(72)16-36(73)44-49(52(78)55(82-57(43)44)21-3-7-27(64)32(69)11-21)45-37(74)17-38(75)46-50-47-41(83-60(59(50)79,84-58(45)46)22-4-8-28(65)33(70)12-22)18-29(66)24-15-39(76)53(81-56(24)47)19-1-5-25(62)30(67)9-19/h1-14,16-18,39,48-55,59,61-79H,15H2. The first kappa shape index (κ1) is 52.9. The van der Waals surface area contributed by atoms with Crippen LogP contribution in [-0.4, -0.2) is 121 Å². The van der Waals surface area contributed by atoms with Gasteiger partial charge in [0.05, 0.1) is 23.9 Å². The molecule has 0 amide bonds. The SMILES string of the molecule is Oc1cc(O)c2c(c1)OC(c1ccc(O)c(O)c1)C(O)C2c1c(O)cc(O)c2c1OC(c1ccc(O)c(O)c1)C(O)C2c1c(O)cc(O)c2c1OC1(c3ccc(O)c(O)c3)Oc3cc(O)c4c(c3C2C1O)OC(c1ccc(O)c(O)c1)C(O)C4. The molecule has 0 fully saturated rings. The smallest absolute Gasteiger partial charge is 0.305 e. The van der Waals surface area contributed by atoms with Crippen LogP contribution in [0.5, 0.6) is 115 Å². The Bertz CT molecular complexity index is 4110. The van der Waals surface area contributed by atoms with Gasteiger partial charge in [0.25, 0.3) is 0 Å². The Kier molecular flexibility index (Phi) is 11.7. The summed E-state index contributed by atoms with van der Waals surface area (Å²) in [4.78, 5) is 0. The number of aliphatic hydroxyl groups is 4. The van der Waals surface area contributed by atoms with Crippen LogP contribution in [0.3, 0.4) is 0 Å². The fourth-order valence-electron chi connectivity index (χ4n) is 12.5. The van der Waals surface area contributed by atoms with Gasteiger partial charge in [0, 0.05) is 81.3 Å². The number of rotatable bonds is 6. The number of aromatic hydroxyl groups is 15. The number of ether oxygens (including phenoxy) is 5. The van der Waals surface area contributed by atoms with Crippen LogP contribution in [0.15, 0.2) is 103 Å². The highest BCUT2D eigenvalue weighted by atomic mass is 16.7. The zero-order valence-electron chi connectivity index (χ0n) is 42.8. The number of aliphatic hydroxyl groups excluding tert-OH is 4. The van der Waals surface area contributed by atoms with Crippen molar-refractivity contribution in [3.63, 3.8) is 0 Å². The molecule has 84 heavy (non-hydrogen) atoms. The summed E-state index contributed by atoms with van der Waals surface area (Å²) in [5, 5.41) is 218. The average molecular weight is 1150 g/mol. The van der Waals surface area contributed by atoms with Crippen LogP contribution in [0.1, 0.15) is 97.3 Å². The van der Waals surface area contributed by atoms with Gasteiger partial charge < -0.3 is 121 Å². The van der Waals surface area contributed by atoms with Crippen molar-refractivity contribution in [3.05, 3.63) is 164 Å². The minimum absolute atomic E-state index is 0.00788. The first-order chi connectivity index (χ1) is 40.0. The highest BCUT2D eigenvalue weighted by molar-refractivity contribution is 5.74. The second-order valence-corrected chi connectivity index (χ2v) is 21.2. The minimum Gasteiger partial charge on any atom is -0.508 e. The number of hydrogen-bond donors (Lipinski definition) is 19. The van der Waals surface area contributed by atoms with Crippen molar-refractivity contribution < 1.29 is 121 Å². The van der Waals surface area contributed by atoms with Crippen LogP contribution in [-0.2, 0) is 12.2 Å². The van der Waals surface area contributed by atoms with Crippen molar-refractivity contribution in [1.82, 2.24) is 0 Å². The molecule has 0 aliphatic carbocycles. The first-order valence-electron chi connectivity index (χ1n) is 25.8. The van der Waals surface area contributed by atoms with E-state index in [0.717, 1.165) is 78.9 Å². The fourth-order valence-corrected chi connectivity index (χ4v) is 12.5. The Morgan fingerprint density at radius 2 is 0.786 bits per heavy atom. The summed E-state index contributed by atoms with van der Waals surface area (Å²) in [5.41, 5.74) is -2.71. The van der Waals surface area contributed by atoms with Gasteiger partial charge >= 0.3 is 5.79 Å². The Balaban J connectivity index is 1.09. The molecule has 5 heterocycles. The summed E-state index contributed by atoms with van der Waals surface area (Å²) in [6.45, 7) is 0. The highest BCUT2D eigenvalue weighted by Gasteiger charge is 2.62. The summed E-state index contributed by atoms with van der Waals surface area (Å²) in [6, 6.07) is 18.1. The van der Waals surface area contributed by atoms with Gasteiger partial charge in [0.2, 0.25) is 0 Å². The van der Waals surface area contributed by atoms with E-state index in [2.05, 4.69) is 0 Å². The maximum Gasteiger partial charge on any atom is 0.305 e. The molecule has 0 spiro atoms. The molecule has 0 aromatic heterocycles. The second kappa shape index (κ2) is 18.6. The van der Waals surface area contributed by atoms with E-state index in [1.807, 2.05) is 0 Å². The summed E-state index contributed by atoms with van der Waals surface area (Å²) < 4.78 is 32.8. The Labute approximate surface area is 471 Å². The van der Waals surface area contributed by atoms with Crippen LogP contribution >= 0.6 is 0 Å². The molecule has 8 aromatic rings. The van der Waals surface area contributed by atoms with Crippen molar-refractivity contribution in [3.8, 4) is 115 Å². The second-order valence-electron chi connectivity index (χ2n) is 21.2. The Morgan fingerprint density at radius 1 is 0.333 bits per heavy atom. The lowest BCUT2D eigenvalue weighted by Gasteiger charge is -2.51. The van der Waals surface area contributed by atoms with Gasteiger partial charge in [-0.25, -0.2) is 0 Å². The lowest BCUT2D eigenvalue weighted by Crippen LogP contribution is -2.58. The van der Waals surface area contributed by atoms with Gasteiger partial charge in [-0.15, -0.1) is 0 Å². The molecule has 5 aliphatic rings. The minimum atomic E-state index is -2.69. The molecular weight excluding hydrogens is 1100 g/mol. The number of benzene rings is 8. The van der Waals surface area contributed by atoms with Gasteiger partial charge in [-0.1, -0.05) is 18.2 Å². The molecule has 8 aromatic carbocycles. The third-order valence-corrected chi connectivity index (χ3v) is 16.4. The zero-order valence-corrected chi connectivity index (χ0v) is 42.8. The predicted molar refractivity (Wildman–Crippen MR) is 283 cm³/mol. The van der Waals surface area contributed by atoms with Gasteiger partial charge in [-0.2, -0.15) is 0 Å². The van der Waals surface area contributed by atoms with Crippen molar-refractivity contribution >= 4 is 0 Å². The topological polar surface area (TPSA) is 431 Å². The molecule has 2 bridgehead atoms. The lowest BCUT2D eigenvalue weighted by molar-refractivity contribution is -0.219. The molecule has 24 nitrogen and oxygen atoms in total. The van der Waals surface area contributed by atoms with Crippen LogP contribution < -0.4 is 23.7 Å². The third-order valence-electron chi connectivity index (χ3n) is 16.4. The van der Waals surface area contributed by atoms with Crippen molar-refractivity contribution in [2.24, 2.45) is 0 Å². The van der Waals surface area contributed by atoms with Gasteiger partial charge in [-0.3, -0.25) is 0 Å². The number of fused-ring (bicyclic) bond motifs is 10. The van der Waals surface area contributed by atoms with Crippen molar-refractivity contribution in [2.45, 2.75) is 72.7 Å². The Hall–Kier alpha value is -10.4. The monoisotopic (exact) mass is 1150 g/mol. The van der Waals surface area contributed by atoms with E-state index in [1.54, 1.807) is 0 Å². The largest absolute Gasteiger partial charge is 0.508 e. The normalized spacial score (nSPS) is 25.1. The quantitative estimate of drug-likeness (QED) is 0.0889. The molecular formula is C60H48O24.